The number of nitrogens with zero attached hydrogens (tertiary/aromatic N) is 2. The van der Waals surface area contributed by atoms with E-state index in [1.165, 1.54) is 26.2 Å². The lowest BCUT2D eigenvalue weighted by Gasteiger charge is -2.16. The first kappa shape index (κ1) is 18.4. The summed E-state index contributed by atoms with van der Waals surface area (Å²) in [4.78, 5) is 24.3. The van der Waals surface area contributed by atoms with Crippen molar-refractivity contribution in [2.24, 2.45) is 0 Å². The zero-order valence-corrected chi connectivity index (χ0v) is 14.4. The molecule has 1 heterocycles. The van der Waals surface area contributed by atoms with Crippen molar-refractivity contribution in [3.8, 4) is 5.75 Å². The summed E-state index contributed by atoms with van der Waals surface area (Å²) in [5.41, 5.74) is -0.271. The third-order valence-corrected chi connectivity index (χ3v) is 3.46. The van der Waals surface area contributed by atoms with Crippen LogP contribution in [0.15, 0.2) is 30.5 Å². The number of rotatable bonds is 6. The van der Waals surface area contributed by atoms with Crippen molar-refractivity contribution >= 4 is 17.7 Å². The van der Waals surface area contributed by atoms with Crippen LogP contribution in [0.3, 0.4) is 0 Å². The SMILES string of the molecule is COc1ccc(C(=O)O[C@H](C)C(=O)Nc2ccnn2C(C)C)c(F)c1. The molecular formula is C17H20FN3O4. The number of hydrogen-bond acceptors (Lipinski definition) is 5. The van der Waals surface area contributed by atoms with E-state index in [1.807, 2.05) is 13.8 Å². The van der Waals surface area contributed by atoms with Gasteiger partial charge in [0.15, 0.2) is 6.10 Å². The molecule has 7 nitrogen and oxygen atoms in total. The maximum Gasteiger partial charge on any atom is 0.341 e. The van der Waals surface area contributed by atoms with Gasteiger partial charge in [0.25, 0.3) is 5.91 Å². The molecule has 0 unspecified atom stereocenters. The van der Waals surface area contributed by atoms with Crippen LogP contribution in [-0.4, -0.2) is 34.9 Å². The van der Waals surface area contributed by atoms with Crippen molar-refractivity contribution in [2.75, 3.05) is 12.4 Å². The van der Waals surface area contributed by atoms with E-state index in [1.54, 1.807) is 16.9 Å². The highest BCUT2D eigenvalue weighted by Crippen LogP contribution is 2.18. The third kappa shape index (κ3) is 4.34. The number of nitrogens with one attached hydrogen (secondary N) is 1. The van der Waals surface area contributed by atoms with Crippen LogP contribution in [0.1, 0.15) is 37.2 Å². The van der Waals surface area contributed by atoms with Gasteiger partial charge in [-0.25, -0.2) is 13.9 Å². The molecule has 1 aromatic heterocycles. The number of methoxy groups -OCH3 is 1. The molecule has 134 valence electrons. The van der Waals surface area contributed by atoms with Gasteiger partial charge in [-0.3, -0.25) is 4.79 Å². The number of benzene rings is 1. The summed E-state index contributed by atoms with van der Waals surface area (Å²) < 4.78 is 25.4. The van der Waals surface area contributed by atoms with Crippen molar-refractivity contribution in [1.29, 1.82) is 0 Å². The molecule has 0 bridgehead atoms. The van der Waals surface area contributed by atoms with Gasteiger partial charge in [0.2, 0.25) is 0 Å². The maximum absolute atomic E-state index is 13.9. The second-order valence-electron chi connectivity index (χ2n) is 5.64. The van der Waals surface area contributed by atoms with Gasteiger partial charge in [-0.15, -0.1) is 0 Å². The zero-order valence-electron chi connectivity index (χ0n) is 14.4. The first-order chi connectivity index (χ1) is 11.8. The summed E-state index contributed by atoms with van der Waals surface area (Å²) in [6.45, 7) is 5.24. The van der Waals surface area contributed by atoms with E-state index >= 15 is 0 Å². The van der Waals surface area contributed by atoms with Crippen molar-refractivity contribution in [2.45, 2.75) is 32.9 Å². The van der Waals surface area contributed by atoms with E-state index in [0.717, 1.165) is 6.07 Å². The Hall–Kier alpha value is -2.90. The summed E-state index contributed by atoms with van der Waals surface area (Å²) >= 11 is 0. The average molecular weight is 349 g/mol. The normalized spacial score (nSPS) is 11.9. The first-order valence-corrected chi connectivity index (χ1v) is 7.72. The minimum atomic E-state index is -1.11. The minimum absolute atomic E-state index is 0.0524. The largest absolute Gasteiger partial charge is 0.497 e. The number of hydrogen-bond donors (Lipinski definition) is 1. The van der Waals surface area contributed by atoms with Crippen molar-refractivity contribution < 1.29 is 23.5 Å². The molecule has 0 saturated carbocycles. The third-order valence-electron chi connectivity index (χ3n) is 3.46. The van der Waals surface area contributed by atoms with Crippen molar-refractivity contribution in [3.05, 3.63) is 41.8 Å². The van der Waals surface area contributed by atoms with Gasteiger partial charge in [-0.2, -0.15) is 5.10 Å². The molecule has 1 amide bonds. The zero-order chi connectivity index (χ0) is 18.6. The van der Waals surface area contributed by atoms with E-state index in [4.69, 9.17) is 9.47 Å². The van der Waals surface area contributed by atoms with Crippen molar-refractivity contribution in [1.82, 2.24) is 9.78 Å². The molecule has 0 aliphatic carbocycles. The number of aromatic nitrogens is 2. The van der Waals surface area contributed by atoms with Gasteiger partial charge < -0.3 is 14.8 Å². The fourth-order valence-electron chi connectivity index (χ4n) is 2.12. The Morgan fingerprint density at radius 1 is 1.24 bits per heavy atom. The Morgan fingerprint density at radius 3 is 2.56 bits per heavy atom. The summed E-state index contributed by atoms with van der Waals surface area (Å²) in [6, 6.07) is 5.44. The van der Waals surface area contributed by atoms with Crippen LogP contribution in [0.4, 0.5) is 10.2 Å². The van der Waals surface area contributed by atoms with E-state index in [9.17, 15) is 14.0 Å². The molecule has 0 saturated heterocycles. The Kier molecular flexibility index (Phi) is 5.74. The molecular weight excluding hydrogens is 329 g/mol. The Bertz CT molecular complexity index is 773. The molecule has 1 N–H and O–H groups in total. The maximum atomic E-state index is 13.9. The standard InChI is InChI=1S/C17H20FN3O4/c1-10(2)21-15(7-8-19-21)20-16(22)11(3)25-17(23)13-6-5-12(24-4)9-14(13)18/h5-11H,1-4H3,(H,20,22)/t11-/m1/s1. The number of carbonyl (C=O) groups excluding carboxylic acids is 2. The number of esters is 1. The monoisotopic (exact) mass is 349 g/mol. The highest BCUT2D eigenvalue weighted by molar-refractivity contribution is 5.97. The van der Waals surface area contributed by atoms with Crippen LogP contribution in [0.2, 0.25) is 0 Å². The smallest absolute Gasteiger partial charge is 0.341 e. The lowest BCUT2D eigenvalue weighted by molar-refractivity contribution is -0.123. The van der Waals surface area contributed by atoms with Crippen LogP contribution in [0.5, 0.6) is 5.75 Å². The van der Waals surface area contributed by atoms with Gasteiger partial charge in [0.05, 0.1) is 18.9 Å². The van der Waals surface area contributed by atoms with Gasteiger partial charge in [0, 0.05) is 18.2 Å². The van der Waals surface area contributed by atoms with Crippen molar-refractivity contribution in [3.63, 3.8) is 0 Å². The molecule has 0 fully saturated rings. The molecule has 1 aromatic carbocycles. The van der Waals surface area contributed by atoms with Gasteiger partial charge >= 0.3 is 5.97 Å². The molecule has 2 rings (SSSR count). The van der Waals surface area contributed by atoms with Crippen LogP contribution in [-0.2, 0) is 9.53 Å². The number of halogens is 1. The predicted molar refractivity (Wildman–Crippen MR) is 89.1 cm³/mol. The summed E-state index contributed by atoms with van der Waals surface area (Å²) in [5, 5.41) is 6.73. The number of anilines is 1. The van der Waals surface area contributed by atoms with Crippen LogP contribution < -0.4 is 10.1 Å². The Labute approximate surface area is 144 Å². The van der Waals surface area contributed by atoms with E-state index < -0.39 is 23.8 Å². The second kappa shape index (κ2) is 7.78. The predicted octanol–water partition coefficient (Wildman–Crippen LogP) is 2.80. The molecule has 8 heteroatoms. The van der Waals surface area contributed by atoms with Crippen LogP contribution in [0.25, 0.3) is 0 Å². The highest BCUT2D eigenvalue weighted by Gasteiger charge is 2.22. The summed E-state index contributed by atoms with van der Waals surface area (Å²) in [5.74, 6) is -1.49. The molecule has 25 heavy (non-hydrogen) atoms. The van der Waals surface area contributed by atoms with Crippen LogP contribution >= 0.6 is 0 Å². The number of amides is 1. The summed E-state index contributed by atoms with van der Waals surface area (Å²) in [7, 11) is 1.39. The van der Waals surface area contributed by atoms with Gasteiger partial charge in [0.1, 0.15) is 17.4 Å². The lowest BCUT2D eigenvalue weighted by atomic mass is 10.2. The van der Waals surface area contributed by atoms with Gasteiger partial charge in [-0.05, 0) is 32.9 Å². The highest BCUT2D eigenvalue weighted by atomic mass is 19.1. The number of carbonyl (C=O) groups is 2. The second-order valence-corrected chi connectivity index (χ2v) is 5.64. The molecule has 0 spiro atoms. The first-order valence-electron chi connectivity index (χ1n) is 7.72. The molecule has 0 aliphatic heterocycles. The number of ether oxygens (including phenoxy) is 2. The summed E-state index contributed by atoms with van der Waals surface area (Å²) in [6.07, 6.45) is 0.448. The van der Waals surface area contributed by atoms with E-state index in [-0.39, 0.29) is 17.4 Å². The Balaban J connectivity index is 2.03. The quantitative estimate of drug-likeness (QED) is 0.811. The lowest BCUT2D eigenvalue weighted by Crippen LogP contribution is -2.31. The average Bonchev–Trinajstić information content (AvgIpc) is 3.02. The minimum Gasteiger partial charge on any atom is -0.497 e. The van der Waals surface area contributed by atoms with Crippen LogP contribution in [0, 0.1) is 5.82 Å². The molecule has 1 atom stereocenters. The van der Waals surface area contributed by atoms with E-state index in [2.05, 4.69) is 10.4 Å². The topological polar surface area (TPSA) is 82.4 Å². The Morgan fingerprint density at radius 2 is 1.96 bits per heavy atom. The molecule has 0 radical (unpaired) electrons. The van der Waals surface area contributed by atoms with Gasteiger partial charge in [-0.1, -0.05) is 0 Å². The fourth-order valence-corrected chi connectivity index (χ4v) is 2.12. The molecule has 0 aliphatic rings. The molecule has 2 aromatic rings. The van der Waals surface area contributed by atoms with E-state index in [0.29, 0.717) is 5.82 Å². The fraction of sp³-hybridized carbons (Fsp3) is 0.353.